The van der Waals surface area contributed by atoms with Crippen LogP contribution >= 0.6 is 0 Å². The SMILES string of the molecule is Cn1cc(C(=O)NCc2ccnc(OC3CCCCC3)c2)ccc1=O. The largest absolute Gasteiger partial charge is 0.474 e. The third-order valence-corrected chi connectivity index (χ3v) is 4.44. The second-order valence-electron chi connectivity index (χ2n) is 6.43. The van der Waals surface area contributed by atoms with Crippen molar-refractivity contribution in [1.29, 1.82) is 0 Å². The van der Waals surface area contributed by atoms with E-state index in [4.69, 9.17) is 4.74 Å². The maximum atomic E-state index is 12.2. The Bertz CT molecular complexity index is 794. The minimum atomic E-state index is -0.220. The predicted octanol–water partition coefficient (Wildman–Crippen LogP) is 2.42. The number of hydrogen-bond acceptors (Lipinski definition) is 4. The Labute approximate surface area is 146 Å². The summed E-state index contributed by atoms with van der Waals surface area (Å²) in [6, 6.07) is 6.64. The van der Waals surface area contributed by atoms with Crippen LogP contribution in [0.5, 0.6) is 5.88 Å². The highest BCUT2D eigenvalue weighted by molar-refractivity contribution is 5.93. The summed E-state index contributed by atoms with van der Waals surface area (Å²) in [6.07, 6.45) is 9.33. The highest BCUT2D eigenvalue weighted by atomic mass is 16.5. The van der Waals surface area contributed by atoms with Crippen molar-refractivity contribution in [3.05, 3.63) is 58.1 Å². The van der Waals surface area contributed by atoms with Gasteiger partial charge in [-0.25, -0.2) is 4.98 Å². The molecule has 3 rings (SSSR count). The molecule has 0 aromatic carbocycles. The van der Waals surface area contributed by atoms with Gasteiger partial charge in [-0.3, -0.25) is 9.59 Å². The maximum Gasteiger partial charge on any atom is 0.253 e. The van der Waals surface area contributed by atoms with Crippen LogP contribution in [0, 0.1) is 0 Å². The zero-order chi connectivity index (χ0) is 17.6. The number of carbonyl (C=O) groups excluding carboxylic acids is 1. The summed E-state index contributed by atoms with van der Waals surface area (Å²) in [6.45, 7) is 0.380. The molecule has 1 amide bonds. The Hall–Kier alpha value is -2.63. The van der Waals surface area contributed by atoms with Crippen molar-refractivity contribution < 1.29 is 9.53 Å². The number of nitrogens with one attached hydrogen (secondary N) is 1. The first-order valence-electron chi connectivity index (χ1n) is 8.68. The maximum absolute atomic E-state index is 12.2. The number of rotatable bonds is 5. The lowest BCUT2D eigenvalue weighted by Gasteiger charge is -2.22. The van der Waals surface area contributed by atoms with Gasteiger partial charge in [-0.15, -0.1) is 0 Å². The van der Waals surface area contributed by atoms with Crippen molar-refractivity contribution in [3.63, 3.8) is 0 Å². The van der Waals surface area contributed by atoms with Gasteiger partial charge in [-0.05, 0) is 43.4 Å². The zero-order valence-electron chi connectivity index (χ0n) is 14.4. The molecule has 0 atom stereocenters. The van der Waals surface area contributed by atoms with Gasteiger partial charge in [0.2, 0.25) is 11.4 Å². The van der Waals surface area contributed by atoms with Gasteiger partial charge >= 0.3 is 0 Å². The van der Waals surface area contributed by atoms with Crippen molar-refractivity contribution in [2.75, 3.05) is 0 Å². The number of aryl methyl sites for hydroxylation is 1. The molecule has 0 unspecified atom stereocenters. The quantitative estimate of drug-likeness (QED) is 0.906. The molecule has 1 N–H and O–H groups in total. The van der Waals surface area contributed by atoms with Gasteiger partial charge in [0.05, 0.1) is 5.56 Å². The summed E-state index contributed by atoms with van der Waals surface area (Å²) in [4.78, 5) is 27.9. The molecule has 132 valence electrons. The molecule has 0 radical (unpaired) electrons. The smallest absolute Gasteiger partial charge is 0.253 e. The Balaban J connectivity index is 1.59. The van der Waals surface area contributed by atoms with Crippen molar-refractivity contribution in [2.45, 2.75) is 44.8 Å². The minimum absolute atomic E-state index is 0.143. The summed E-state index contributed by atoms with van der Waals surface area (Å²) in [5.74, 6) is 0.392. The number of carbonyl (C=O) groups is 1. The lowest BCUT2D eigenvalue weighted by Crippen LogP contribution is -2.25. The van der Waals surface area contributed by atoms with Crippen LogP contribution in [0.15, 0.2) is 41.5 Å². The number of hydrogen-bond donors (Lipinski definition) is 1. The van der Waals surface area contributed by atoms with Crippen molar-refractivity contribution in [3.8, 4) is 5.88 Å². The summed E-state index contributed by atoms with van der Waals surface area (Å²) >= 11 is 0. The van der Waals surface area contributed by atoms with Crippen LogP contribution in [0.3, 0.4) is 0 Å². The van der Waals surface area contributed by atoms with Crippen LogP contribution in [-0.4, -0.2) is 21.6 Å². The Kier molecular flexibility index (Phi) is 5.48. The van der Waals surface area contributed by atoms with E-state index in [0.717, 1.165) is 18.4 Å². The van der Waals surface area contributed by atoms with Crippen LogP contribution < -0.4 is 15.6 Å². The minimum Gasteiger partial charge on any atom is -0.474 e. The molecule has 1 aliphatic carbocycles. The fourth-order valence-corrected chi connectivity index (χ4v) is 2.99. The molecule has 1 fully saturated rings. The van der Waals surface area contributed by atoms with E-state index in [-0.39, 0.29) is 17.6 Å². The standard InChI is InChI=1S/C19H23N3O3/c1-22-13-15(7-8-18(22)23)19(24)21-12-14-9-10-20-17(11-14)25-16-5-3-2-4-6-16/h7-11,13,16H,2-6,12H2,1H3,(H,21,24). The van der Waals surface area contributed by atoms with Gasteiger partial charge in [-0.2, -0.15) is 0 Å². The van der Waals surface area contributed by atoms with Crippen LogP contribution in [0.4, 0.5) is 0 Å². The van der Waals surface area contributed by atoms with Gasteiger partial charge in [0.15, 0.2) is 0 Å². The molecule has 1 aliphatic rings. The van der Waals surface area contributed by atoms with Crippen LogP contribution in [0.25, 0.3) is 0 Å². The number of aromatic nitrogens is 2. The first-order chi connectivity index (χ1) is 12.1. The summed E-state index contributed by atoms with van der Waals surface area (Å²) in [5.41, 5.74) is 1.24. The molecule has 6 nitrogen and oxygen atoms in total. The summed E-state index contributed by atoms with van der Waals surface area (Å²) in [5, 5.41) is 2.86. The molecule has 2 heterocycles. The highest BCUT2D eigenvalue weighted by Crippen LogP contribution is 2.22. The molecular formula is C19H23N3O3. The van der Waals surface area contributed by atoms with Crippen LogP contribution in [-0.2, 0) is 13.6 Å². The van der Waals surface area contributed by atoms with Crippen molar-refractivity contribution in [2.24, 2.45) is 7.05 Å². The number of ether oxygens (including phenoxy) is 1. The second kappa shape index (κ2) is 7.96. The molecule has 6 heteroatoms. The third-order valence-electron chi connectivity index (χ3n) is 4.44. The Morgan fingerprint density at radius 2 is 2.08 bits per heavy atom. The fourth-order valence-electron chi connectivity index (χ4n) is 2.99. The van der Waals surface area contributed by atoms with Gasteiger partial charge in [0.25, 0.3) is 5.91 Å². The van der Waals surface area contributed by atoms with Crippen LogP contribution in [0.2, 0.25) is 0 Å². The molecular weight excluding hydrogens is 318 g/mol. The lowest BCUT2D eigenvalue weighted by atomic mass is 9.98. The molecule has 0 bridgehead atoms. The molecule has 2 aromatic rings. The lowest BCUT2D eigenvalue weighted by molar-refractivity contribution is 0.0950. The normalized spacial score (nSPS) is 14.9. The summed E-state index contributed by atoms with van der Waals surface area (Å²) < 4.78 is 7.34. The average molecular weight is 341 g/mol. The number of amides is 1. The van der Waals surface area contributed by atoms with Gasteiger partial charge in [-0.1, -0.05) is 6.42 Å². The molecule has 0 saturated heterocycles. The molecule has 25 heavy (non-hydrogen) atoms. The predicted molar refractivity (Wildman–Crippen MR) is 94.6 cm³/mol. The van der Waals surface area contributed by atoms with E-state index >= 15 is 0 Å². The zero-order valence-corrected chi connectivity index (χ0v) is 14.4. The van der Waals surface area contributed by atoms with Crippen molar-refractivity contribution >= 4 is 5.91 Å². The number of pyridine rings is 2. The fraction of sp³-hybridized carbons (Fsp3) is 0.421. The first-order valence-corrected chi connectivity index (χ1v) is 8.68. The number of nitrogens with zero attached hydrogens (tertiary/aromatic N) is 2. The topological polar surface area (TPSA) is 73.2 Å². The first kappa shape index (κ1) is 17.2. The van der Waals surface area contributed by atoms with Gasteiger partial charge in [0.1, 0.15) is 6.10 Å². The molecule has 0 aliphatic heterocycles. The highest BCUT2D eigenvalue weighted by Gasteiger charge is 2.15. The Morgan fingerprint density at radius 1 is 1.28 bits per heavy atom. The van der Waals surface area contributed by atoms with E-state index in [0.29, 0.717) is 18.0 Å². The monoisotopic (exact) mass is 341 g/mol. The van der Waals surface area contributed by atoms with Crippen molar-refractivity contribution in [1.82, 2.24) is 14.9 Å². The van der Waals surface area contributed by atoms with E-state index < -0.39 is 0 Å². The van der Waals surface area contributed by atoms with E-state index in [1.807, 2.05) is 12.1 Å². The van der Waals surface area contributed by atoms with Crippen LogP contribution in [0.1, 0.15) is 48.0 Å². The average Bonchev–Trinajstić information content (AvgIpc) is 2.63. The van der Waals surface area contributed by atoms with E-state index in [2.05, 4.69) is 10.3 Å². The second-order valence-corrected chi connectivity index (χ2v) is 6.43. The van der Waals surface area contributed by atoms with Gasteiger partial charge < -0.3 is 14.6 Å². The van der Waals surface area contributed by atoms with Gasteiger partial charge in [0, 0.05) is 38.1 Å². The summed E-state index contributed by atoms with van der Waals surface area (Å²) in [7, 11) is 1.62. The van der Waals surface area contributed by atoms with E-state index in [9.17, 15) is 9.59 Å². The van der Waals surface area contributed by atoms with E-state index in [1.54, 1.807) is 13.2 Å². The van der Waals surface area contributed by atoms with E-state index in [1.165, 1.54) is 42.2 Å². The molecule has 0 spiro atoms. The third kappa shape index (κ3) is 4.68. The molecule has 2 aromatic heterocycles. The Morgan fingerprint density at radius 3 is 2.84 bits per heavy atom. The molecule has 1 saturated carbocycles.